The Morgan fingerprint density at radius 2 is 2.38 bits per heavy atom. The number of imidazole rings is 1. The van der Waals surface area contributed by atoms with Gasteiger partial charge in [0.05, 0.1) is 6.20 Å². The van der Waals surface area contributed by atoms with Crippen molar-refractivity contribution in [1.82, 2.24) is 24.3 Å². The van der Waals surface area contributed by atoms with E-state index in [1.165, 1.54) is 6.33 Å². The standard InChI is InChI=1S/C7H8ClN5/c1-12-6(8)2-10-7(12)3-13-5-9-4-11-13/h2,4-5H,3H2,1H3. The van der Waals surface area contributed by atoms with Crippen molar-refractivity contribution in [2.24, 2.45) is 7.05 Å². The molecule has 0 N–H and O–H groups in total. The maximum absolute atomic E-state index is 5.82. The van der Waals surface area contributed by atoms with Crippen LogP contribution in [0.25, 0.3) is 0 Å². The van der Waals surface area contributed by atoms with E-state index < -0.39 is 0 Å². The largest absolute Gasteiger partial charge is 0.321 e. The van der Waals surface area contributed by atoms with E-state index in [2.05, 4.69) is 15.1 Å². The van der Waals surface area contributed by atoms with E-state index in [0.29, 0.717) is 11.7 Å². The lowest BCUT2D eigenvalue weighted by atomic mass is 10.6. The van der Waals surface area contributed by atoms with Gasteiger partial charge in [0.25, 0.3) is 0 Å². The summed E-state index contributed by atoms with van der Waals surface area (Å²) in [5.74, 6) is 0.857. The SMILES string of the molecule is Cn1c(Cl)cnc1Cn1cncn1. The molecule has 0 aromatic carbocycles. The van der Waals surface area contributed by atoms with Crippen LogP contribution in [0.1, 0.15) is 5.82 Å². The molecule has 0 aliphatic carbocycles. The summed E-state index contributed by atoms with van der Waals surface area (Å²) in [6, 6.07) is 0. The molecule has 5 nitrogen and oxygen atoms in total. The molecule has 68 valence electrons. The number of nitrogens with zero attached hydrogens (tertiary/aromatic N) is 5. The van der Waals surface area contributed by atoms with Gasteiger partial charge in [0, 0.05) is 7.05 Å². The Morgan fingerprint density at radius 1 is 1.54 bits per heavy atom. The molecule has 2 aromatic heterocycles. The fourth-order valence-corrected chi connectivity index (χ4v) is 1.18. The first kappa shape index (κ1) is 8.25. The van der Waals surface area contributed by atoms with Gasteiger partial charge >= 0.3 is 0 Å². The molecule has 0 amide bonds. The zero-order valence-corrected chi connectivity index (χ0v) is 7.81. The zero-order valence-electron chi connectivity index (χ0n) is 7.05. The third-order valence-electron chi connectivity index (χ3n) is 1.80. The van der Waals surface area contributed by atoms with Crippen molar-refractivity contribution in [3.05, 3.63) is 29.8 Å². The molecule has 0 saturated carbocycles. The Hall–Kier alpha value is -1.36. The third kappa shape index (κ3) is 1.55. The predicted molar refractivity (Wildman–Crippen MR) is 47.3 cm³/mol. The van der Waals surface area contributed by atoms with Crippen molar-refractivity contribution < 1.29 is 0 Å². The van der Waals surface area contributed by atoms with Crippen LogP contribution in [0, 0.1) is 0 Å². The molecule has 0 saturated heterocycles. The number of rotatable bonds is 2. The summed E-state index contributed by atoms with van der Waals surface area (Å²) in [5, 5.41) is 4.59. The molecular formula is C7H8ClN5. The number of hydrogen-bond donors (Lipinski definition) is 0. The lowest BCUT2D eigenvalue weighted by molar-refractivity contribution is 0.630. The monoisotopic (exact) mass is 197 g/mol. The van der Waals surface area contributed by atoms with Gasteiger partial charge in [0.1, 0.15) is 30.2 Å². The fraction of sp³-hybridized carbons (Fsp3) is 0.286. The van der Waals surface area contributed by atoms with Crippen LogP contribution in [0.2, 0.25) is 5.15 Å². The van der Waals surface area contributed by atoms with E-state index >= 15 is 0 Å². The minimum atomic E-state index is 0.587. The van der Waals surface area contributed by atoms with Gasteiger partial charge in [-0.2, -0.15) is 5.10 Å². The van der Waals surface area contributed by atoms with Crippen LogP contribution >= 0.6 is 11.6 Å². The lowest BCUT2D eigenvalue weighted by Gasteiger charge is -2.01. The van der Waals surface area contributed by atoms with Crippen LogP contribution in [-0.2, 0) is 13.6 Å². The maximum Gasteiger partial charge on any atom is 0.137 e. The van der Waals surface area contributed by atoms with Crippen molar-refractivity contribution in [2.75, 3.05) is 0 Å². The van der Waals surface area contributed by atoms with Crippen LogP contribution in [0.5, 0.6) is 0 Å². The number of aromatic nitrogens is 5. The van der Waals surface area contributed by atoms with Gasteiger partial charge in [0.2, 0.25) is 0 Å². The molecule has 0 aliphatic rings. The predicted octanol–water partition coefficient (Wildman–Crippen LogP) is 0.713. The molecule has 2 heterocycles. The average molecular weight is 198 g/mol. The normalized spacial score (nSPS) is 10.6. The summed E-state index contributed by atoms with van der Waals surface area (Å²) in [5.41, 5.74) is 0. The Morgan fingerprint density at radius 3 is 2.92 bits per heavy atom. The van der Waals surface area contributed by atoms with Gasteiger partial charge in [-0.1, -0.05) is 11.6 Å². The van der Waals surface area contributed by atoms with E-state index in [9.17, 15) is 0 Å². The van der Waals surface area contributed by atoms with Gasteiger partial charge in [-0.25, -0.2) is 14.6 Å². The van der Waals surface area contributed by atoms with E-state index in [0.717, 1.165) is 5.82 Å². The summed E-state index contributed by atoms with van der Waals surface area (Å²) in [7, 11) is 1.86. The molecule has 0 radical (unpaired) electrons. The Bertz CT molecular complexity index is 391. The van der Waals surface area contributed by atoms with Gasteiger partial charge in [-0.05, 0) is 0 Å². The highest BCUT2D eigenvalue weighted by molar-refractivity contribution is 6.29. The first-order valence-electron chi connectivity index (χ1n) is 3.76. The second-order valence-corrected chi connectivity index (χ2v) is 3.04. The van der Waals surface area contributed by atoms with Crippen LogP contribution in [0.3, 0.4) is 0 Å². The van der Waals surface area contributed by atoms with Crippen LogP contribution in [0.15, 0.2) is 18.9 Å². The topological polar surface area (TPSA) is 48.5 Å². The molecule has 0 unspecified atom stereocenters. The number of halogens is 1. The summed E-state index contributed by atoms with van der Waals surface area (Å²) in [6.45, 7) is 0.587. The Labute approximate surface area is 80.0 Å². The van der Waals surface area contributed by atoms with Gasteiger partial charge < -0.3 is 4.57 Å². The third-order valence-corrected chi connectivity index (χ3v) is 2.15. The minimum absolute atomic E-state index is 0.587. The van der Waals surface area contributed by atoms with Crippen LogP contribution in [0.4, 0.5) is 0 Å². The van der Waals surface area contributed by atoms with Crippen molar-refractivity contribution in [1.29, 1.82) is 0 Å². The van der Waals surface area contributed by atoms with Crippen molar-refractivity contribution in [2.45, 2.75) is 6.54 Å². The van der Waals surface area contributed by atoms with Crippen molar-refractivity contribution >= 4 is 11.6 Å². The summed E-state index contributed by atoms with van der Waals surface area (Å²) < 4.78 is 3.50. The minimum Gasteiger partial charge on any atom is -0.321 e. The highest BCUT2D eigenvalue weighted by Gasteiger charge is 2.04. The summed E-state index contributed by atoms with van der Waals surface area (Å²) in [6.07, 6.45) is 4.75. The quantitative estimate of drug-likeness (QED) is 0.713. The molecule has 0 aliphatic heterocycles. The average Bonchev–Trinajstić information content (AvgIpc) is 2.71. The molecule has 13 heavy (non-hydrogen) atoms. The first-order valence-corrected chi connectivity index (χ1v) is 4.13. The van der Waals surface area contributed by atoms with Gasteiger partial charge in [0.15, 0.2) is 0 Å². The molecule has 2 rings (SSSR count). The second-order valence-electron chi connectivity index (χ2n) is 2.65. The molecule has 0 atom stereocenters. The fourth-order valence-electron chi connectivity index (χ4n) is 1.03. The smallest absolute Gasteiger partial charge is 0.137 e. The van der Waals surface area contributed by atoms with Crippen molar-refractivity contribution in [3.8, 4) is 0 Å². The Kier molecular flexibility index (Phi) is 2.02. The molecule has 0 bridgehead atoms. The molecule has 0 spiro atoms. The van der Waals surface area contributed by atoms with Crippen molar-refractivity contribution in [3.63, 3.8) is 0 Å². The molecule has 2 aromatic rings. The van der Waals surface area contributed by atoms with Gasteiger partial charge in [-0.3, -0.25) is 0 Å². The molecule has 0 fully saturated rings. The van der Waals surface area contributed by atoms with E-state index in [1.54, 1.807) is 17.2 Å². The maximum atomic E-state index is 5.82. The second kappa shape index (κ2) is 3.18. The summed E-state index contributed by atoms with van der Waals surface area (Å²) >= 11 is 5.82. The summed E-state index contributed by atoms with van der Waals surface area (Å²) in [4.78, 5) is 7.97. The highest BCUT2D eigenvalue weighted by atomic mass is 35.5. The first-order chi connectivity index (χ1) is 6.27. The zero-order chi connectivity index (χ0) is 9.26. The van der Waals surface area contributed by atoms with E-state index in [-0.39, 0.29) is 0 Å². The number of hydrogen-bond acceptors (Lipinski definition) is 3. The molecule has 6 heteroatoms. The van der Waals surface area contributed by atoms with E-state index in [4.69, 9.17) is 11.6 Å². The van der Waals surface area contributed by atoms with E-state index in [1.807, 2.05) is 11.6 Å². The molecular weight excluding hydrogens is 190 g/mol. The van der Waals surface area contributed by atoms with Crippen LogP contribution in [-0.4, -0.2) is 24.3 Å². The van der Waals surface area contributed by atoms with Gasteiger partial charge in [-0.15, -0.1) is 0 Å². The van der Waals surface area contributed by atoms with Crippen LogP contribution < -0.4 is 0 Å². The Balaban J connectivity index is 2.24. The highest BCUT2D eigenvalue weighted by Crippen LogP contribution is 2.09. The lowest BCUT2D eigenvalue weighted by Crippen LogP contribution is -2.06.